The zero-order valence-corrected chi connectivity index (χ0v) is 15.2. The number of imide groups is 1. The van der Waals surface area contributed by atoms with E-state index in [1.165, 1.54) is 12.0 Å². The number of carbonyl (C=O) groups excluding carboxylic acids is 3. The van der Waals surface area contributed by atoms with Gasteiger partial charge < -0.3 is 4.74 Å². The van der Waals surface area contributed by atoms with Gasteiger partial charge in [0, 0.05) is 17.6 Å². The Bertz CT molecular complexity index is 720. The molecule has 1 aromatic rings. The number of hydrogen-bond acceptors (Lipinski definition) is 5. The molecular weight excluding hydrogens is 344 g/mol. The van der Waals surface area contributed by atoms with Crippen LogP contribution in [0.5, 0.6) is 0 Å². The number of esters is 1. The summed E-state index contributed by atoms with van der Waals surface area (Å²) in [5.41, 5.74) is -0.391. The topological polar surface area (TPSA) is 75.7 Å². The number of benzene rings is 1. The summed E-state index contributed by atoms with van der Waals surface area (Å²) < 4.78 is 4.99. The minimum atomic E-state index is -1.21. The number of halogens is 1. The van der Waals surface area contributed by atoms with Crippen LogP contribution in [0.2, 0.25) is 5.02 Å². The van der Waals surface area contributed by atoms with E-state index in [1.807, 2.05) is 19.1 Å². The van der Waals surface area contributed by atoms with Crippen LogP contribution in [0, 0.1) is 11.8 Å². The molecule has 2 aliphatic rings. The highest BCUT2D eigenvalue weighted by molar-refractivity contribution is 6.30. The lowest BCUT2D eigenvalue weighted by Gasteiger charge is -2.31. The second-order valence-electron chi connectivity index (χ2n) is 6.41. The molecule has 0 radical (unpaired) electrons. The van der Waals surface area contributed by atoms with Crippen LogP contribution in [0.4, 0.5) is 0 Å². The van der Waals surface area contributed by atoms with Gasteiger partial charge >= 0.3 is 5.97 Å². The lowest BCUT2D eigenvalue weighted by molar-refractivity contribution is -0.154. The molecule has 2 fully saturated rings. The number of nitrogens with zero attached hydrogens (tertiary/aromatic N) is 1. The van der Waals surface area contributed by atoms with Gasteiger partial charge in [0.05, 0.1) is 18.9 Å². The first-order valence-electron chi connectivity index (χ1n) is 8.38. The monoisotopic (exact) mass is 364 g/mol. The van der Waals surface area contributed by atoms with Crippen molar-refractivity contribution in [1.82, 2.24) is 10.2 Å². The molecule has 4 unspecified atom stereocenters. The lowest BCUT2D eigenvalue weighted by atomic mass is 9.78. The third kappa shape index (κ3) is 2.47. The SMILES string of the molecule is CCN1C(=O)C2C(c3ccc(Cl)cc3)NC(CC)(C(=O)OC)C2C1=O. The van der Waals surface area contributed by atoms with Gasteiger partial charge in [0.1, 0.15) is 5.54 Å². The van der Waals surface area contributed by atoms with Crippen molar-refractivity contribution >= 4 is 29.4 Å². The van der Waals surface area contributed by atoms with E-state index in [1.54, 1.807) is 19.1 Å². The maximum atomic E-state index is 12.9. The third-order valence-electron chi connectivity index (χ3n) is 5.40. The van der Waals surface area contributed by atoms with Crippen LogP contribution in [-0.4, -0.2) is 41.9 Å². The molecule has 4 atom stereocenters. The Morgan fingerprint density at radius 1 is 1.24 bits per heavy atom. The summed E-state index contributed by atoms with van der Waals surface area (Å²) in [6, 6.07) is 6.64. The summed E-state index contributed by atoms with van der Waals surface area (Å²) >= 11 is 5.96. The highest BCUT2D eigenvalue weighted by Gasteiger charge is 2.67. The molecule has 25 heavy (non-hydrogen) atoms. The molecule has 3 rings (SSSR count). The fraction of sp³-hybridized carbons (Fsp3) is 0.500. The quantitative estimate of drug-likeness (QED) is 0.652. The second kappa shape index (κ2) is 6.42. The Morgan fingerprint density at radius 2 is 1.88 bits per heavy atom. The Labute approximate surface area is 151 Å². The Hall–Kier alpha value is -1.92. The highest BCUT2D eigenvalue weighted by atomic mass is 35.5. The van der Waals surface area contributed by atoms with Crippen molar-refractivity contribution in [3.8, 4) is 0 Å². The Morgan fingerprint density at radius 3 is 2.40 bits per heavy atom. The first-order valence-corrected chi connectivity index (χ1v) is 8.75. The van der Waals surface area contributed by atoms with Crippen molar-refractivity contribution in [2.75, 3.05) is 13.7 Å². The lowest BCUT2D eigenvalue weighted by Crippen LogP contribution is -2.55. The zero-order chi connectivity index (χ0) is 18.4. The predicted octanol–water partition coefficient (Wildman–Crippen LogP) is 1.93. The first kappa shape index (κ1) is 17.9. The first-order chi connectivity index (χ1) is 11.9. The molecule has 2 heterocycles. The number of rotatable bonds is 4. The molecule has 2 aliphatic heterocycles. The van der Waals surface area contributed by atoms with Crippen molar-refractivity contribution in [3.63, 3.8) is 0 Å². The summed E-state index contributed by atoms with van der Waals surface area (Å²) in [7, 11) is 1.30. The van der Waals surface area contributed by atoms with Crippen molar-refractivity contribution in [2.45, 2.75) is 31.8 Å². The van der Waals surface area contributed by atoms with E-state index in [-0.39, 0.29) is 11.8 Å². The van der Waals surface area contributed by atoms with Crippen molar-refractivity contribution in [2.24, 2.45) is 11.8 Å². The molecular formula is C18H21ClN2O4. The highest BCUT2D eigenvalue weighted by Crippen LogP contribution is 2.50. The predicted molar refractivity (Wildman–Crippen MR) is 91.7 cm³/mol. The van der Waals surface area contributed by atoms with E-state index in [4.69, 9.17) is 16.3 Å². The average molecular weight is 365 g/mol. The van der Waals surface area contributed by atoms with Crippen LogP contribution in [0.1, 0.15) is 31.9 Å². The fourth-order valence-electron chi connectivity index (χ4n) is 4.17. The van der Waals surface area contributed by atoms with Gasteiger partial charge in [-0.05, 0) is 31.0 Å². The van der Waals surface area contributed by atoms with E-state index in [0.717, 1.165) is 5.56 Å². The summed E-state index contributed by atoms with van der Waals surface area (Å²) in [5.74, 6) is -2.47. The van der Waals surface area contributed by atoms with Gasteiger partial charge in [-0.25, -0.2) is 0 Å². The van der Waals surface area contributed by atoms with Gasteiger partial charge in [-0.15, -0.1) is 0 Å². The molecule has 1 N–H and O–H groups in total. The van der Waals surface area contributed by atoms with E-state index < -0.39 is 29.4 Å². The van der Waals surface area contributed by atoms with Gasteiger partial charge in [-0.3, -0.25) is 24.6 Å². The maximum Gasteiger partial charge on any atom is 0.326 e. The number of likely N-dealkylation sites (tertiary alicyclic amines) is 1. The molecule has 0 saturated carbocycles. The van der Waals surface area contributed by atoms with Crippen LogP contribution in [0.15, 0.2) is 24.3 Å². The van der Waals surface area contributed by atoms with E-state index in [9.17, 15) is 14.4 Å². The number of methoxy groups -OCH3 is 1. The molecule has 6 nitrogen and oxygen atoms in total. The van der Waals surface area contributed by atoms with E-state index in [2.05, 4.69) is 5.32 Å². The van der Waals surface area contributed by atoms with E-state index in [0.29, 0.717) is 18.0 Å². The Kier molecular flexibility index (Phi) is 4.60. The van der Waals surface area contributed by atoms with Crippen LogP contribution >= 0.6 is 11.6 Å². The number of ether oxygens (including phenoxy) is 1. The van der Waals surface area contributed by atoms with Crippen molar-refractivity contribution in [1.29, 1.82) is 0 Å². The van der Waals surface area contributed by atoms with Crippen LogP contribution in [-0.2, 0) is 19.1 Å². The van der Waals surface area contributed by atoms with Crippen LogP contribution < -0.4 is 5.32 Å². The second-order valence-corrected chi connectivity index (χ2v) is 6.85. The molecule has 7 heteroatoms. The third-order valence-corrected chi connectivity index (χ3v) is 5.65. The Balaban J connectivity index is 2.13. The van der Waals surface area contributed by atoms with Gasteiger partial charge in [0.2, 0.25) is 11.8 Å². The summed E-state index contributed by atoms with van der Waals surface area (Å²) in [4.78, 5) is 39.6. The number of amides is 2. The van der Waals surface area contributed by atoms with Crippen LogP contribution in [0.3, 0.4) is 0 Å². The van der Waals surface area contributed by atoms with Gasteiger partial charge in [0.25, 0.3) is 0 Å². The van der Waals surface area contributed by atoms with Gasteiger partial charge in [-0.2, -0.15) is 0 Å². The minimum Gasteiger partial charge on any atom is -0.468 e. The van der Waals surface area contributed by atoms with E-state index >= 15 is 0 Å². The molecule has 2 saturated heterocycles. The smallest absolute Gasteiger partial charge is 0.326 e. The fourth-order valence-corrected chi connectivity index (χ4v) is 4.29. The summed E-state index contributed by atoms with van der Waals surface area (Å²) in [6.45, 7) is 3.86. The van der Waals surface area contributed by atoms with Gasteiger partial charge in [0.15, 0.2) is 0 Å². The summed E-state index contributed by atoms with van der Waals surface area (Å²) in [6.07, 6.45) is 0.349. The van der Waals surface area contributed by atoms with Crippen molar-refractivity contribution < 1.29 is 19.1 Å². The largest absolute Gasteiger partial charge is 0.468 e. The normalized spacial score (nSPS) is 31.4. The molecule has 134 valence electrons. The molecule has 0 aliphatic carbocycles. The number of nitrogens with one attached hydrogen (secondary N) is 1. The summed E-state index contributed by atoms with van der Waals surface area (Å²) in [5, 5.41) is 3.84. The van der Waals surface area contributed by atoms with Crippen LogP contribution in [0.25, 0.3) is 0 Å². The minimum absolute atomic E-state index is 0.246. The molecule has 0 aromatic heterocycles. The zero-order valence-electron chi connectivity index (χ0n) is 14.4. The average Bonchev–Trinajstić information content (AvgIpc) is 3.10. The van der Waals surface area contributed by atoms with Gasteiger partial charge in [-0.1, -0.05) is 30.7 Å². The number of fused-ring (bicyclic) bond motifs is 1. The maximum absolute atomic E-state index is 12.9. The number of hydrogen-bond donors (Lipinski definition) is 1. The standard InChI is InChI=1S/C18H21ClN2O4/c1-4-18(17(24)25-3)13-12(15(22)21(5-2)16(13)23)14(20-18)10-6-8-11(19)9-7-10/h6-9,12-14,20H,4-5H2,1-3H3. The van der Waals surface area contributed by atoms with Crippen molar-refractivity contribution in [3.05, 3.63) is 34.9 Å². The molecule has 1 aromatic carbocycles. The molecule has 0 bridgehead atoms. The molecule has 2 amide bonds. The number of carbonyl (C=O) groups is 3. The molecule has 0 spiro atoms.